The molecule has 0 fully saturated rings. The van der Waals surface area contributed by atoms with Crippen molar-refractivity contribution in [2.45, 2.75) is 0 Å². The lowest BCUT2D eigenvalue weighted by molar-refractivity contribution is 0.624. The number of hydrogen-bond acceptors (Lipinski definition) is 3. The number of aromatic nitrogens is 1. The van der Waals surface area contributed by atoms with Crippen molar-refractivity contribution in [1.29, 1.82) is 0 Å². The summed E-state index contributed by atoms with van der Waals surface area (Å²) in [7, 11) is -0.859. The fourth-order valence-corrected chi connectivity index (χ4v) is 1.22. The van der Waals surface area contributed by atoms with Crippen molar-refractivity contribution in [2.75, 3.05) is 23.9 Å². The third kappa shape index (κ3) is 3.50. The fourth-order valence-electron chi connectivity index (χ4n) is 0.829. The Bertz CT molecular complexity index is 306. The monoisotopic (exact) mass is 202 g/mol. The van der Waals surface area contributed by atoms with Crippen molar-refractivity contribution in [3.63, 3.8) is 0 Å². The van der Waals surface area contributed by atoms with Gasteiger partial charge in [-0.15, -0.1) is 0 Å². The Morgan fingerprint density at radius 2 is 2.46 bits per heavy atom. The highest BCUT2D eigenvalue weighted by Crippen LogP contribution is 2.07. The van der Waals surface area contributed by atoms with Crippen molar-refractivity contribution < 1.29 is 8.60 Å². The van der Waals surface area contributed by atoms with E-state index in [2.05, 4.69) is 10.3 Å². The molecule has 0 bridgehead atoms. The molecule has 5 heteroatoms. The Morgan fingerprint density at radius 1 is 1.69 bits per heavy atom. The molecule has 1 aromatic heterocycles. The summed E-state index contributed by atoms with van der Waals surface area (Å²) >= 11 is 0. The van der Waals surface area contributed by atoms with E-state index in [0.717, 1.165) is 0 Å². The third-order valence-corrected chi connectivity index (χ3v) is 2.22. The SMILES string of the molecule is CS(=O)CCNc1ncccc1F. The van der Waals surface area contributed by atoms with Gasteiger partial charge in [0.25, 0.3) is 0 Å². The van der Waals surface area contributed by atoms with Crippen molar-refractivity contribution in [2.24, 2.45) is 0 Å². The first-order valence-electron chi connectivity index (χ1n) is 3.84. The third-order valence-electron chi connectivity index (χ3n) is 1.44. The number of nitrogens with zero attached hydrogens (tertiary/aromatic N) is 1. The minimum Gasteiger partial charge on any atom is -0.367 e. The summed E-state index contributed by atoms with van der Waals surface area (Å²) in [6.45, 7) is 0.469. The Hall–Kier alpha value is -0.970. The molecule has 0 aromatic carbocycles. The lowest BCUT2D eigenvalue weighted by Crippen LogP contribution is -2.11. The van der Waals surface area contributed by atoms with Crippen molar-refractivity contribution in [1.82, 2.24) is 4.98 Å². The Kier molecular flexibility index (Phi) is 3.82. The van der Waals surface area contributed by atoms with Gasteiger partial charge in [0.15, 0.2) is 11.6 Å². The summed E-state index contributed by atoms with van der Waals surface area (Å²) in [4.78, 5) is 3.79. The quantitative estimate of drug-likeness (QED) is 0.792. The topological polar surface area (TPSA) is 42.0 Å². The summed E-state index contributed by atoms with van der Waals surface area (Å²) in [6.07, 6.45) is 3.12. The van der Waals surface area contributed by atoms with E-state index in [1.165, 1.54) is 18.3 Å². The molecule has 1 heterocycles. The molecule has 1 unspecified atom stereocenters. The number of pyridine rings is 1. The van der Waals surface area contributed by atoms with Gasteiger partial charge in [-0.05, 0) is 12.1 Å². The normalized spacial score (nSPS) is 12.5. The minimum atomic E-state index is -0.859. The molecule has 13 heavy (non-hydrogen) atoms. The molecule has 0 spiro atoms. The molecule has 0 radical (unpaired) electrons. The lowest BCUT2D eigenvalue weighted by Gasteiger charge is -2.03. The maximum atomic E-state index is 12.9. The Labute approximate surface area is 78.8 Å². The van der Waals surface area contributed by atoms with Gasteiger partial charge in [0, 0.05) is 35.5 Å². The molecule has 0 saturated carbocycles. The molecule has 1 atom stereocenters. The molecular formula is C8H11FN2OS. The molecule has 1 N–H and O–H groups in total. The van der Waals surface area contributed by atoms with Crippen LogP contribution in [0.1, 0.15) is 0 Å². The van der Waals surface area contributed by atoms with Gasteiger partial charge in [-0.2, -0.15) is 0 Å². The molecule has 1 aromatic rings. The van der Waals surface area contributed by atoms with E-state index >= 15 is 0 Å². The van der Waals surface area contributed by atoms with Crippen LogP contribution in [0.2, 0.25) is 0 Å². The van der Waals surface area contributed by atoms with Gasteiger partial charge in [-0.3, -0.25) is 4.21 Å². The van der Waals surface area contributed by atoms with E-state index in [1.54, 1.807) is 6.26 Å². The predicted molar refractivity (Wildman–Crippen MR) is 51.6 cm³/mol. The average Bonchev–Trinajstić information content (AvgIpc) is 2.08. The first-order valence-corrected chi connectivity index (χ1v) is 5.57. The summed E-state index contributed by atoms with van der Waals surface area (Å²) < 4.78 is 23.6. The van der Waals surface area contributed by atoms with Gasteiger partial charge in [0.05, 0.1) is 0 Å². The van der Waals surface area contributed by atoms with Gasteiger partial charge in [0.1, 0.15) is 0 Å². The first kappa shape index (κ1) is 10.1. The van der Waals surface area contributed by atoms with Crippen LogP contribution < -0.4 is 5.32 Å². The van der Waals surface area contributed by atoms with Crippen LogP contribution in [0.15, 0.2) is 18.3 Å². The highest BCUT2D eigenvalue weighted by Gasteiger charge is 2.00. The van der Waals surface area contributed by atoms with E-state index in [4.69, 9.17) is 0 Å². The molecule has 3 nitrogen and oxygen atoms in total. The van der Waals surface area contributed by atoms with E-state index in [1.807, 2.05) is 0 Å². The second kappa shape index (κ2) is 4.91. The molecule has 0 saturated heterocycles. The largest absolute Gasteiger partial charge is 0.367 e. The van der Waals surface area contributed by atoms with Crippen LogP contribution in [0.25, 0.3) is 0 Å². The minimum absolute atomic E-state index is 0.216. The summed E-state index contributed by atoms with van der Waals surface area (Å²) in [6, 6.07) is 2.86. The van der Waals surface area contributed by atoms with Crippen molar-refractivity contribution >= 4 is 16.6 Å². The van der Waals surface area contributed by atoms with Crippen LogP contribution in [0, 0.1) is 5.82 Å². The molecule has 0 aliphatic carbocycles. The predicted octanol–water partition coefficient (Wildman–Crippen LogP) is 1.01. The van der Waals surface area contributed by atoms with E-state index < -0.39 is 10.8 Å². The smallest absolute Gasteiger partial charge is 0.165 e. The van der Waals surface area contributed by atoms with Crippen LogP contribution in [0.3, 0.4) is 0 Å². The molecule has 0 aliphatic heterocycles. The van der Waals surface area contributed by atoms with E-state index in [-0.39, 0.29) is 11.6 Å². The maximum Gasteiger partial charge on any atom is 0.165 e. The van der Waals surface area contributed by atoms with Gasteiger partial charge >= 0.3 is 0 Å². The molecule has 0 aliphatic rings. The zero-order valence-corrected chi connectivity index (χ0v) is 8.10. The van der Waals surface area contributed by atoms with Crippen LogP contribution >= 0.6 is 0 Å². The maximum absolute atomic E-state index is 12.9. The zero-order chi connectivity index (χ0) is 9.68. The zero-order valence-electron chi connectivity index (χ0n) is 7.29. The first-order chi connectivity index (χ1) is 6.20. The van der Waals surface area contributed by atoms with Crippen molar-refractivity contribution in [3.05, 3.63) is 24.1 Å². The Morgan fingerprint density at radius 3 is 3.08 bits per heavy atom. The number of hydrogen-bond donors (Lipinski definition) is 1. The highest BCUT2D eigenvalue weighted by molar-refractivity contribution is 7.84. The number of halogens is 1. The van der Waals surface area contributed by atoms with Gasteiger partial charge in [0.2, 0.25) is 0 Å². The summed E-state index contributed by atoms with van der Waals surface area (Å²) in [5, 5.41) is 2.77. The van der Waals surface area contributed by atoms with Crippen LogP contribution in [0.4, 0.5) is 10.2 Å². The number of rotatable bonds is 4. The van der Waals surface area contributed by atoms with Crippen molar-refractivity contribution in [3.8, 4) is 0 Å². The number of nitrogens with one attached hydrogen (secondary N) is 1. The second-order valence-corrected chi connectivity index (χ2v) is 4.09. The summed E-state index contributed by atoms with van der Waals surface area (Å²) in [5.74, 6) is 0.327. The van der Waals surface area contributed by atoms with Gasteiger partial charge in [-0.1, -0.05) is 0 Å². The summed E-state index contributed by atoms with van der Waals surface area (Å²) in [5.41, 5.74) is 0. The number of anilines is 1. The van der Waals surface area contributed by atoms with Crippen LogP contribution in [0.5, 0.6) is 0 Å². The highest BCUT2D eigenvalue weighted by atomic mass is 32.2. The lowest BCUT2D eigenvalue weighted by atomic mass is 10.4. The molecule has 1 rings (SSSR count). The average molecular weight is 202 g/mol. The molecule has 0 amide bonds. The second-order valence-electron chi connectivity index (χ2n) is 2.54. The van der Waals surface area contributed by atoms with Crippen LogP contribution in [-0.4, -0.2) is 27.7 Å². The standard InChI is InChI=1S/C8H11FN2OS/c1-13(12)6-5-11-8-7(9)3-2-4-10-8/h2-4H,5-6H2,1H3,(H,10,11). The van der Waals surface area contributed by atoms with Gasteiger partial charge < -0.3 is 5.32 Å². The van der Waals surface area contributed by atoms with Gasteiger partial charge in [-0.25, -0.2) is 9.37 Å². The van der Waals surface area contributed by atoms with E-state index in [0.29, 0.717) is 12.3 Å². The van der Waals surface area contributed by atoms with E-state index in [9.17, 15) is 8.60 Å². The molecular weight excluding hydrogens is 191 g/mol. The molecule has 72 valence electrons. The van der Waals surface area contributed by atoms with Crippen LogP contribution in [-0.2, 0) is 10.8 Å². The Balaban J connectivity index is 2.45. The fraction of sp³-hybridized carbons (Fsp3) is 0.375.